The highest BCUT2D eigenvalue weighted by Gasteiger charge is 2.17. The summed E-state index contributed by atoms with van der Waals surface area (Å²) in [6, 6.07) is 23.2. The molecule has 1 N–H and O–H groups in total. The van der Waals surface area contributed by atoms with Crippen molar-refractivity contribution in [3.05, 3.63) is 95.8 Å². The van der Waals surface area contributed by atoms with Gasteiger partial charge in [0.2, 0.25) is 0 Å². The second-order valence-corrected chi connectivity index (χ2v) is 5.63. The van der Waals surface area contributed by atoms with Crippen molar-refractivity contribution in [3.8, 4) is 11.1 Å². The number of carbonyl (C=O) groups is 1. The van der Waals surface area contributed by atoms with Crippen molar-refractivity contribution < 1.29 is 9.18 Å². The Balaban J connectivity index is 1.88. The normalized spacial score (nSPS) is 11.8. The number of nitrogens with one attached hydrogen (secondary N) is 1. The van der Waals surface area contributed by atoms with Crippen molar-refractivity contribution in [2.45, 2.75) is 13.0 Å². The second kappa shape index (κ2) is 7.09. The molecule has 0 spiro atoms. The first-order valence-corrected chi connectivity index (χ1v) is 7.86. The molecule has 0 heterocycles. The van der Waals surface area contributed by atoms with Gasteiger partial charge in [0, 0.05) is 11.1 Å². The largest absolute Gasteiger partial charge is 0.345 e. The van der Waals surface area contributed by atoms with Crippen LogP contribution >= 0.6 is 0 Å². The summed E-state index contributed by atoms with van der Waals surface area (Å²) in [5, 5.41) is 2.88. The summed E-state index contributed by atoms with van der Waals surface area (Å²) in [4.78, 5) is 12.7. The highest BCUT2D eigenvalue weighted by Crippen LogP contribution is 2.24. The van der Waals surface area contributed by atoms with E-state index in [1.165, 1.54) is 6.07 Å². The average molecular weight is 319 g/mol. The highest BCUT2D eigenvalue weighted by atomic mass is 19.1. The molecule has 0 radical (unpaired) electrons. The molecule has 0 aromatic heterocycles. The number of carbonyl (C=O) groups excluding carboxylic acids is 1. The molecule has 24 heavy (non-hydrogen) atoms. The Hall–Kier alpha value is -2.94. The Morgan fingerprint density at radius 2 is 1.50 bits per heavy atom. The van der Waals surface area contributed by atoms with Crippen LogP contribution in [0.5, 0.6) is 0 Å². The summed E-state index contributed by atoms with van der Waals surface area (Å²) in [7, 11) is 0. The van der Waals surface area contributed by atoms with Gasteiger partial charge in [-0.15, -0.1) is 0 Å². The Morgan fingerprint density at radius 3 is 2.25 bits per heavy atom. The second-order valence-electron chi connectivity index (χ2n) is 5.63. The van der Waals surface area contributed by atoms with Crippen LogP contribution in [0.3, 0.4) is 0 Å². The lowest BCUT2D eigenvalue weighted by atomic mass is 9.98. The molecule has 0 fully saturated rings. The Labute approximate surface area is 141 Å². The number of benzene rings is 3. The third-order valence-corrected chi connectivity index (χ3v) is 3.98. The zero-order valence-electron chi connectivity index (χ0n) is 13.4. The quantitative estimate of drug-likeness (QED) is 0.721. The van der Waals surface area contributed by atoms with Crippen LogP contribution in [-0.4, -0.2) is 5.91 Å². The molecule has 2 nitrogen and oxygen atoms in total. The average Bonchev–Trinajstić information content (AvgIpc) is 2.62. The van der Waals surface area contributed by atoms with Crippen LogP contribution in [0.4, 0.5) is 4.39 Å². The summed E-state index contributed by atoms with van der Waals surface area (Å²) in [5.74, 6) is -0.535. The van der Waals surface area contributed by atoms with Crippen molar-refractivity contribution >= 4 is 5.91 Å². The zero-order chi connectivity index (χ0) is 16.9. The highest BCUT2D eigenvalue weighted by molar-refractivity contribution is 6.01. The lowest BCUT2D eigenvalue weighted by Gasteiger charge is -2.16. The number of amides is 1. The zero-order valence-corrected chi connectivity index (χ0v) is 13.4. The van der Waals surface area contributed by atoms with Crippen LogP contribution in [0.1, 0.15) is 28.9 Å². The molecule has 1 unspecified atom stereocenters. The molecule has 0 aliphatic rings. The van der Waals surface area contributed by atoms with Gasteiger partial charge in [-0.25, -0.2) is 4.39 Å². The summed E-state index contributed by atoms with van der Waals surface area (Å²) < 4.78 is 13.9. The smallest absolute Gasteiger partial charge is 0.252 e. The van der Waals surface area contributed by atoms with Gasteiger partial charge >= 0.3 is 0 Å². The standard InChI is InChI=1S/C21H18FNO/c1-15(17-11-7-8-14-20(17)22)23-21(24)19-13-6-5-12-18(19)16-9-3-2-4-10-16/h2-15H,1H3,(H,23,24). The maximum absolute atomic E-state index is 13.9. The maximum atomic E-state index is 13.9. The van der Waals surface area contributed by atoms with E-state index in [2.05, 4.69) is 5.32 Å². The van der Waals surface area contributed by atoms with E-state index in [1.807, 2.05) is 48.5 Å². The molecule has 3 rings (SSSR count). The molecular weight excluding hydrogens is 301 g/mol. The summed E-state index contributed by atoms with van der Waals surface area (Å²) in [6.45, 7) is 1.78. The molecule has 120 valence electrons. The van der Waals surface area contributed by atoms with E-state index in [-0.39, 0.29) is 11.7 Å². The van der Waals surface area contributed by atoms with Crippen LogP contribution < -0.4 is 5.32 Å². The topological polar surface area (TPSA) is 29.1 Å². The molecule has 1 amide bonds. The van der Waals surface area contributed by atoms with E-state index in [0.29, 0.717) is 11.1 Å². The third kappa shape index (κ3) is 3.35. The minimum atomic E-state index is -0.414. The fraction of sp³-hybridized carbons (Fsp3) is 0.0952. The van der Waals surface area contributed by atoms with Crippen molar-refractivity contribution in [2.24, 2.45) is 0 Å². The maximum Gasteiger partial charge on any atom is 0.252 e. The van der Waals surface area contributed by atoms with Crippen LogP contribution in [0.25, 0.3) is 11.1 Å². The summed E-state index contributed by atoms with van der Waals surface area (Å²) in [5.41, 5.74) is 2.88. The summed E-state index contributed by atoms with van der Waals surface area (Å²) >= 11 is 0. The van der Waals surface area contributed by atoms with Gasteiger partial charge in [-0.2, -0.15) is 0 Å². The van der Waals surface area contributed by atoms with Gasteiger partial charge in [0.25, 0.3) is 5.91 Å². The molecular formula is C21H18FNO. The molecule has 0 aliphatic heterocycles. The van der Waals surface area contributed by atoms with E-state index in [0.717, 1.165) is 11.1 Å². The molecule has 0 saturated heterocycles. The molecule has 0 saturated carbocycles. The van der Waals surface area contributed by atoms with Gasteiger partial charge in [-0.05, 0) is 30.2 Å². The molecule has 3 heteroatoms. The van der Waals surface area contributed by atoms with Gasteiger partial charge in [-0.3, -0.25) is 4.79 Å². The molecule has 3 aromatic carbocycles. The van der Waals surface area contributed by atoms with E-state index in [9.17, 15) is 9.18 Å². The van der Waals surface area contributed by atoms with E-state index in [4.69, 9.17) is 0 Å². The SMILES string of the molecule is CC(NC(=O)c1ccccc1-c1ccccc1)c1ccccc1F. The predicted molar refractivity (Wildman–Crippen MR) is 94.2 cm³/mol. The van der Waals surface area contributed by atoms with Crippen molar-refractivity contribution in [3.63, 3.8) is 0 Å². The fourth-order valence-corrected chi connectivity index (χ4v) is 2.73. The van der Waals surface area contributed by atoms with Crippen LogP contribution in [0.2, 0.25) is 0 Å². The van der Waals surface area contributed by atoms with E-state index >= 15 is 0 Å². The first kappa shape index (κ1) is 15.9. The number of rotatable bonds is 4. The third-order valence-electron chi connectivity index (χ3n) is 3.98. The van der Waals surface area contributed by atoms with Crippen LogP contribution in [0, 0.1) is 5.82 Å². The van der Waals surface area contributed by atoms with Gasteiger partial charge in [0.1, 0.15) is 5.82 Å². The fourth-order valence-electron chi connectivity index (χ4n) is 2.73. The molecule has 1 atom stereocenters. The molecule has 3 aromatic rings. The minimum absolute atomic E-state index is 0.217. The van der Waals surface area contributed by atoms with E-state index in [1.54, 1.807) is 31.2 Å². The lowest BCUT2D eigenvalue weighted by molar-refractivity contribution is 0.0940. The number of hydrogen-bond donors (Lipinski definition) is 1. The summed E-state index contributed by atoms with van der Waals surface area (Å²) in [6.07, 6.45) is 0. The van der Waals surface area contributed by atoms with Gasteiger partial charge < -0.3 is 5.32 Å². The van der Waals surface area contributed by atoms with Crippen LogP contribution in [-0.2, 0) is 0 Å². The Kier molecular flexibility index (Phi) is 4.71. The van der Waals surface area contributed by atoms with Gasteiger partial charge in [0.15, 0.2) is 0 Å². The van der Waals surface area contributed by atoms with Crippen molar-refractivity contribution in [1.29, 1.82) is 0 Å². The predicted octanol–water partition coefficient (Wildman–Crippen LogP) is 4.98. The van der Waals surface area contributed by atoms with Crippen molar-refractivity contribution in [1.82, 2.24) is 5.32 Å². The first-order chi connectivity index (χ1) is 11.7. The molecule has 0 bridgehead atoms. The monoisotopic (exact) mass is 319 g/mol. The lowest BCUT2D eigenvalue weighted by Crippen LogP contribution is -2.27. The molecule has 0 aliphatic carbocycles. The Morgan fingerprint density at radius 1 is 0.875 bits per heavy atom. The minimum Gasteiger partial charge on any atom is -0.345 e. The first-order valence-electron chi connectivity index (χ1n) is 7.86. The Bertz CT molecular complexity index is 845. The van der Waals surface area contributed by atoms with Gasteiger partial charge in [-0.1, -0.05) is 66.7 Å². The van der Waals surface area contributed by atoms with E-state index < -0.39 is 6.04 Å². The number of halogens is 1. The van der Waals surface area contributed by atoms with Crippen molar-refractivity contribution in [2.75, 3.05) is 0 Å². The van der Waals surface area contributed by atoms with Gasteiger partial charge in [0.05, 0.1) is 6.04 Å². The van der Waals surface area contributed by atoms with Crippen LogP contribution in [0.15, 0.2) is 78.9 Å². The number of hydrogen-bond acceptors (Lipinski definition) is 1.